The molecule has 2 aromatic rings. The van der Waals surface area contributed by atoms with Gasteiger partial charge in [0, 0.05) is 5.69 Å². The fourth-order valence-corrected chi connectivity index (χ4v) is 1.70. The Morgan fingerprint density at radius 1 is 1.33 bits per heavy atom. The minimum atomic E-state index is -1.05. The van der Waals surface area contributed by atoms with Crippen LogP contribution < -0.4 is 10.6 Å². The number of urea groups is 1. The summed E-state index contributed by atoms with van der Waals surface area (Å²) in [5, 5.41) is 14.1. The highest BCUT2D eigenvalue weighted by Gasteiger charge is 2.09. The number of aromatic nitrogens is 1. The molecule has 2 rings (SSSR count). The van der Waals surface area contributed by atoms with E-state index in [1.165, 1.54) is 12.1 Å². The highest BCUT2D eigenvalue weighted by Crippen LogP contribution is 2.16. The van der Waals surface area contributed by atoms with Crippen molar-refractivity contribution >= 4 is 17.7 Å². The second-order valence-electron chi connectivity index (χ2n) is 4.51. The van der Waals surface area contributed by atoms with E-state index in [1.54, 1.807) is 26.1 Å². The molecule has 7 heteroatoms. The highest BCUT2D eigenvalue weighted by molar-refractivity contribution is 5.93. The number of carbonyl (C=O) groups is 2. The first-order valence-corrected chi connectivity index (χ1v) is 6.26. The lowest BCUT2D eigenvalue weighted by molar-refractivity contribution is 0.0697. The van der Waals surface area contributed by atoms with Crippen molar-refractivity contribution in [1.82, 2.24) is 10.3 Å². The summed E-state index contributed by atoms with van der Waals surface area (Å²) in [7, 11) is 0. The Morgan fingerprint density at radius 2 is 2.10 bits per heavy atom. The third-order valence-corrected chi connectivity index (χ3v) is 2.80. The number of aryl methyl sites for hydroxylation is 2. The molecule has 0 spiro atoms. The van der Waals surface area contributed by atoms with Crippen molar-refractivity contribution in [3.05, 3.63) is 47.2 Å². The predicted octanol–water partition coefficient (Wildman–Crippen LogP) is 2.31. The van der Waals surface area contributed by atoms with E-state index in [4.69, 9.17) is 9.52 Å². The van der Waals surface area contributed by atoms with Crippen LogP contribution in [0.3, 0.4) is 0 Å². The number of hydrogen-bond acceptors (Lipinski definition) is 4. The van der Waals surface area contributed by atoms with Crippen molar-refractivity contribution in [2.75, 3.05) is 5.32 Å². The summed E-state index contributed by atoms with van der Waals surface area (Å²) in [5.41, 5.74) is 1.32. The topological polar surface area (TPSA) is 104 Å². The van der Waals surface area contributed by atoms with Gasteiger partial charge >= 0.3 is 12.0 Å². The first kappa shape index (κ1) is 14.6. The Morgan fingerprint density at radius 3 is 2.71 bits per heavy atom. The van der Waals surface area contributed by atoms with Gasteiger partial charge in [-0.2, -0.15) is 0 Å². The molecule has 0 unspecified atom stereocenters. The third-order valence-electron chi connectivity index (χ3n) is 2.80. The maximum absolute atomic E-state index is 11.8. The Balaban J connectivity index is 1.99. The number of benzene rings is 1. The molecule has 3 N–H and O–H groups in total. The molecule has 0 aliphatic rings. The van der Waals surface area contributed by atoms with Crippen LogP contribution in [-0.4, -0.2) is 22.1 Å². The van der Waals surface area contributed by atoms with Crippen molar-refractivity contribution in [2.24, 2.45) is 0 Å². The molecule has 0 radical (unpaired) electrons. The molecule has 0 saturated heterocycles. The van der Waals surface area contributed by atoms with E-state index < -0.39 is 12.0 Å². The molecule has 0 fully saturated rings. The lowest BCUT2D eigenvalue weighted by Crippen LogP contribution is -2.28. The minimum Gasteiger partial charge on any atom is -0.478 e. The Kier molecular flexibility index (Phi) is 4.22. The van der Waals surface area contributed by atoms with E-state index in [-0.39, 0.29) is 12.1 Å². The zero-order valence-electron chi connectivity index (χ0n) is 11.6. The molecule has 1 aromatic carbocycles. The van der Waals surface area contributed by atoms with Crippen LogP contribution in [0.4, 0.5) is 10.5 Å². The number of nitrogens with one attached hydrogen (secondary N) is 2. The van der Waals surface area contributed by atoms with Gasteiger partial charge in [-0.1, -0.05) is 6.07 Å². The van der Waals surface area contributed by atoms with E-state index in [0.717, 1.165) is 5.56 Å². The van der Waals surface area contributed by atoms with Crippen LogP contribution in [-0.2, 0) is 6.54 Å². The number of aromatic carboxylic acids is 1. The van der Waals surface area contributed by atoms with Gasteiger partial charge in [-0.05, 0) is 31.5 Å². The summed E-state index contributed by atoms with van der Waals surface area (Å²) in [6, 6.07) is 4.07. The molecule has 110 valence electrons. The van der Waals surface area contributed by atoms with Crippen LogP contribution in [0.1, 0.15) is 27.6 Å². The van der Waals surface area contributed by atoms with Gasteiger partial charge < -0.3 is 20.2 Å². The van der Waals surface area contributed by atoms with E-state index in [2.05, 4.69) is 15.6 Å². The Hall–Kier alpha value is -2.83. The number of hydrogen-bond donors (Lipinski definition) is 3. The van der Waals surface area contributed by atoms with Crippen LogP contribution in [0.25, 0.3) is 0 Å². The monoisotopic (exact) mass is 289 g/mol. The largest absolute Gasteiger partial charge is 0.478 e. The smallest absolute Gasteiger partial charge is 0.335 e. The molecule has 0 saturated carbocycles. The highest BCUT2D eigenvalue weighted by atomic mass is 16.4. The number of rotatable bonds is 4. The molecule has 1 aromatic heterocycles. The van der Waals surface area contributed by atoms with Crippen LogP contribution in [0.2, 0.25) is 0 Å². The van der Waals surface area contributed by atoms with E-state index in [1.807, 2.05) is 0 Å². The molecular weight excluding hydrogens is 274 g/mol. The first-order chi connectivity index (χ1) is 9.95. The fraction of sp³-hybridized carbons (Fsp3) is 0.214. The number of carbonyl (C=O) groups excluding carboxylic acids is 1. The van der Waals surface area contributed by atoms with Gasteiger partial charge in [0.2, 0.25) is 5.89 Å². The SMILES string of the molecule is Cc1cnc(CNC(=O)Nc2cc(C(=O)O)ccc2C)o1. The Labute approximate surface area is 121 Å². The molecule has 1 heterocycles. The summed E-state index contributed by atoms with van der Waals surface area (Å²) in [6.45, 7) is 3.69. The number of anilines is 1. The van der Waals surface area contributed by atoms with Crippen molar-refractivity contribution in [2.45, 2.75) is 20.4 Å². The first-order valence-electron chi connectivity index (χ1n) is 6.26. The molecule has 2 amide bonds. The number of carboxylic acid groups (broad SMARTS) is 1. The summed E-state index contributed by atoms with van der Waals surface area (Å²) in [5.74, 6) is 0.0181. The lowest BCUT2D eigenvalue weighted by Gasteiger charge is -2.09. The van der Waals surface area contributed by atoms with Crippen LogP contribution in [0.5, 0.6) is 0 Å². The predicted molar refractivity (Wildman–Crippen MR) is 75.2 cm³/mol. The number of nitrogens with zero attached hydrogens (tertiary/aromatic N) is 1. The van der Waals surface area contributed by atoms with Gasteiger partial charge in [0.1, 0.15) is 5.76 Å². The third kappa shape index (κ3) is 3.82. The summed E-state index contributed by atoms with van der Waals surface area (Å²) in [6.07, 6.45) is 1.56. The van der Waals surface area contributed by atoms with Crippen molar-refractivity contribution in [3.8, 4) is 0 Å². The maximum Gasteiger partial charge on any atom is 0.335 e. The Bertz CT molecular complexity index is 679. The van der Waals surface area contributed by atoms with Gasteiger partial charge in [-0.3, -0.25) is 0 Å². The van der Waals surface area contributed by atoms with Crippen LogP contribution in [0, 0.1) is 13.8 Å². The zero-order valence-corrected chi connectivity index (χ0v) is 11.6. The molecule has 21 heavy (non-hydrogen) atoms. The molecule has 0 aliphatic carbocycles. The molecular formula is C14H15N3O4. The summed E-state index contributed by atoms with van der Waals surface area (Å²) >= 11 is 0. The molecule has 7 nitrogen and oxygen atoms in total. The molecule has 0 atom stereocenters. The van der Waals surface area contributed by atoms with Gasteiger partial charge in [-0.15, -0.1) is 0 Å². The second kappa shape index (κ2) is 6.08. The molecule has 0 aliphatic heterocycles. The van der Waals surface area contributed by atoms with E-state index in [9.17, 15) is 9.59 Å². The summed E-state index contributed by atoms with van der Waals surface area (Å²) < 4.78 is 5.23. The average molecular weight is 289 g/mol. The van der Waals surface area contributed by atoms with Gasteiger partial charge in [-0.25, -0.2) is 14.6 Å². The van der Waals surface area contributed by atoms with Crippen LogP contribution >= 0.6 is 0 Å². The maximum atomic E-state index is 11.8. The fourth-order valence-electron chi connectivity index (χ4n) is 1.70. The quantitative estimate of drug-likeness (QED) is 0.801. The zero-order chi connectivity index (χ0) is 15.4. The van der Waals surface area contributed by atoms with Crippen molar-refractivity contribution < 1.29 is 19.1 Å². The number of carboxylic acids is 1. The average Bonchev–Trinajstić information content (AvgIpc) is 2.84. The number of amides is 2. The van der Waals surface area contributed by atoms with E-state index >= 15 is 0 Å². The normalized spacial score (nSPS) is 10.2. The second-order valence-corrected chi connectivity index (χ2v) is 4.51. The standard InChI is InChI=1S/C14H15N3O4/c1-8-3-4-10(13(18)19)5-11(8)17-14(20)16-7-12-15-6-9(2)21-12/h3-6H,7H2,1-2H3,(H,18,19)(H2,16,17,20). The minimum absolute atomic E-state index is 0.110. The summed E-state index contributed by atoms with van der Waals surface area (Å²) in [4.78, 5) is 26.7. The lowest BCUT2D eigenvalue weighted by atomic mass is 10.1. The number of oxazole rings is 1. The molecule has 0 bridgehead atoms. The van der Waals surface area contributed by atoms with Crippen molar-refractivity contribution in [3.63, 3.8) is 0 Å². The van der Waals surface area contributed by atoms with E-state index in [0.29, 0.717) is 17.3 Å². The van der Waals surface area contributed by atoms with Crippen LogP contribution in [0.15, 0.2) is 28.8 Å². The van der Waals surface area contributed by atoms with Gasteiger partial charge in [0.05, 0.1) is 18.3 Å². The van der Waals surface area contributed by atoms with Gasteiger partial charge in [0.15, 0.2) is 0 Å². The van der Waals surface area contributed by atoms with Gasteiger partial charge in [0.25, 0.3) is 0 Å². The van der Waals surface area contributed by atoms with Crippen molar-refractivity contribution in [1.29, 1.82) is 0 Å².